The highest BCUT2D eigenvalue weighted by Gasteiger charge is 2.08. The van der Waals surface area contributed by atoms with Crippen LogP contribution >= 0.6 is 0 Å². The molecule has 0 atom stereocenters. The highest BCUT2D eigenvalue weighted by Crippen LogP contribution is 2.21. The van der Waals surface area contributed by atoms with Crippen molar-refractivity contribution in [3.8, 4) is 11.3 Å². The zero-order valence-corrected chi connectivity index (χ0v) is 11.7. The van der Waals surface area contributed by atoms with Gasteiger partial charge in [-0.15, -0.1) is 0 Å². The maximum atomic E-state index is 11.6. The molecule has 1 aromatic heterocycles. The van der Waals surface area contributed by atoms with Crippen molar-refractivity contribution in [3.05, 3.63) is 46.2 Å². The maximum Gasteiger partial charge on any atom is 0.264 e. The summed E-state index contributed by atoms with van der Waals surface area (Å²) in [5, 5.41) is 9.29. The Labute approximate surface area is 117 Å². The minimum atomic E-state index is -0.216. The first-order chi connectivity index (χ1) is 9.47. The molecule has 20 heavy (non-hydrogen) atoms. The van der Waals surface area contributed by atoms with Crippen LogP contribution in [0, 0.1) is 12.8 Å². The summed E-state index contributed by atoms with van der Waals surface area (Å²) in [6, 6.07) is 8.88. The van der Waals surface area contributed by atoms with E-state index in [9.17, 15) is 9.59 Å². The van der Waals surface area contributed by atoms with Gasteiger partial charge in [-0.1, -0.05) is 26.0 Å². The number of nitrogens with zero attached hydrogens (tertiary/aromatic N) is 1. The maximum absolute atomic E-state index is 11.6. The monoisotopic (exact) mass is 271 g/mol. The number of hydrogen-bond donors (Lipinski definition) is 2. The molecular formula is C15H17N3O2. The molecule has 0 radical (unpaired) electrons. The molecule has 0 aliphatic rings. The number of carbonyl (C=O) groups excluding carboxylic acids is 1. The molecular weight excluding hydrogens is 254 g/mol. The molecule has 0 spiro atoms. The van der Waals surface area contributed by atoms with Crippen LogP contribution in [-0.4, -0.2) is 16.1 Å². The van der Waals surface area contributed by atoms with Gasteiger partial charge in [0.25, 0.3) is 5.56 Å². The van der Waals surface area contributed by atoms with Crippen molar-refractivity contribution in [3.63, 3.8) is 0 Å². The number of hydrogen-bond acceptors (Lipinski definition) is 3. The van der Waals surface area contributed by atoms with E-state index in [1.807, 2.05) is 45.0 Å². The predicted molar refractivity (Wildman–Crippen MR) is 78.5 cm³/mol. The molecule has 0 unspecified atom stereocenters. The number of nitrogens with one attached hydrogen (secondary N) is 2. The molecule has 104 valence electrons. The van der Waals surface area contributed by atoms with Crippen LogP contribution in [0.5, 0.6) is 0 Å². The van der Waals surface area contributed by atoms with Crippen LogP contribution in [-0.2, 0) is 4.79 Å². The number of carbonyl (C=O) groups is 1. The van der Waals surface area contributed by atoms with Gasteiger partial charge >= 0.3 is 0 Å². The molecule has 1 aromatic carbocycles. The minimum absolute atomic E-state index is 0.0175. The molecule has 5 nitrogen and oxygen atoms in total. The first-order valence-electron chi connectivity index (χ1n) is 6.45. The van der Waals surface area contributed by atoms with Crippen LogP contribution in [0.2, 0.25) is 0 Å². The standard InChI is InChI=1S/C15H17N3O2/c1-9(2)15(20)16-12-6-4-11(5-7-12)14-10(3)8-13(19)17-18-14/h4-9H,1-3H3,(H,16,20)(H,17,19). The summed E-state index contributed by atoms with van der Waals surface area (Å²) in [5.74, 6) is -0.0751. The molecule has 0 aliphatic heterocycles. The fourth-order valence-corrected chi connectivity index (χ4v) is 1.79. The van der Waals surface area contributed by atoms with Gasteiger partial charge in [-0.3, -0.25) is 9.59 Å². The van der Waals surface area contributed by atoms with Crippen molar-refractivity contribution in [2.75, 3.05) is 5.32 Å². The number of aromatic amines is 1. The second kappa shape index (κ2) is 5.69. The van der Waals surface area contributed by atoms with Gasteiger partial charge < -0.3 is 5.32 Å². The quantitative estimate of drug-likeness (QED) is 0.899. The first kappa shape index (κ1) is 14.0. The smallest absolute Gasteiger partial charge is 0.264 e. The van der Waals surface area contributed by atoms with E-state index in [4.69, 9.17) is 0 Å². The van der Waals surface area contributed by atoms with Gasteiger partial charge in [-0.05, 0) is 24.6 Å². The van der Waals surface area contributed by atoms with Gasteiger partial charge in [0.2, 0.25) is 5.91 Å². The molecule has 0 aliphatic carbocycles. The molecule has 0 bridgehead atoms. The summed E-state index contributed by atoms with van der Waals surface area (Å²) in [7, 11) is 0. The Morgan fingerprint density at radius 3 is 2.45 bits per heavy atom. The lowest BCUT2D eigenvalue weighted by molar-refractivity contribution is -0.118. The van der Waals surface area contributed by atoms with Crippen molar-refractivity contribution < 1.29 is 4.79 Å². The molecule has 2 aromatic rings. The lowest BCUT2D eigenvalue weighted by atomic mass is 10.1. The molecule has 0 fully saturated rings. The summed E-state index contributed by atoms with van der Waals surface area (Å²) in [4.78, 5) is 22.7. The number of aromatic nitrogens is 2. The Morgan fingerprint density at radius 1 is 1.25 bits per heavy atom. The number of benzene rings is 1. The minimum Gasteiger partial charge on any atom is -0.326 e. The summed E-state index contributed by atoms with van der Waals surface area (Å²) in [5.41, 5.74) is 2.96. The van der Waals surface area contributed by atoms with Gasteiger partial charge in [0.05, 0.1) is 5.69 Å². The molecule has 0 saturated carbocycles. The SMILES string of the molecule is Cc1cc(=O)[nH]nc1-c1ccc(NC(=O)C(C)C)cc1. The van der Waals surface area contributed by atoms with E-state index in [1.54, 1.807) is 0 Å². The van der Waals surface area contributed by atoms with Gasteiger partial charge in [-0.25, -0.2) is 5.10 Å². The molecule has 1 heterocycles. The molecule has 2 rings (SSSR count). The molecule has 0 saturated heterocycles. The van der Waals surface area contributed by atoms with E-state index in [2.05, 4.69) is 15.5 Å². The zero-order chi connectivity index (χ0) is 14.7. The summed E-state index contributed by atoms with van der Waals surface area (Å²) in [6.07, 6.45) is 0. The van der Waals surface area contributed by atoms with Crippen LogP contribution in [0.4, 0.5) is 5.69 Å². The molecule has 2 N–H and O–H groups in total. The number of anilines is 1. The number of aryl methyl sites for hydroxylation is 1. The average Bonchev–Trinajstić information content (AvgIpc) is 2.40. The van der Waals surface area contributed by atoms with E-state index in [1.165, 1.54) is 6.07 Å². The van der Waals surface area contributed by atoms with Crippen molar-refractivity contribution in [1.29, 1.82) is 0 Å². The van der Waals surface area contributed by atoms with Crippen LogP contribution in [0.1, 0.15) is 19.4 Å². The van der Waals surface area contributed by atoms with E-state index < -0.39 is 0 Å². The van der Waals surface area contributed by atoms with Gasteiger partial charge in [0, 0.05) is 23.2 Å². The lowest BCUT2D eigenvalue weighted by Crippen LogP contribution is -2.17. The van der Waals surface area contributed by atoms with Crippen molar-refractivity contribution in [1.82, 2.24) is 10.2 Å². The fourth-order valence-electron chi connectivity index (χ4n) is 1.79. The summed E-state index contributed by atoms with van der Waals surface area (Å²) >= 11 is 0. The zero-order valence-electron chi connectivity index (χ0n) is 11.7. The summed E-state index contributed by atoms with van der Waals surface area (Å²) in [6.45, 7) is 5.53. The van der Waals surface area contributed by atoms with Crippen LogP contribution in [0.3, 0.4) is 0 Å². The van der Waals surface area contributed by atoms with Crippen LogP contribution in [0.15, 0.2) is 35.1 Å². The Kier molecular flexibility index (Phi) is 3.98. The highest BCUT2D eigenvalue weighted by molar-refractivity contribution is 5.92. The van der Waals surface area contributed by atoms with Crippen molar-refractivity contribution >= 4 is 11.6 Å². The Hall–Kier alpha value is -2.43. The van der Waals surface area contributed by atoms with Crippen LogP contribution < -0.4 is 10.9 Å². The van der Waals surface area contributed by atoms with Gasteiger partial charge in [0.15, 0.2) is 0 Å². The normalized spacial score (nSPS) is 10.6. The topological polar surface area (TPSA) is 74.8 Å². The van der Waals surface area contributed by atoms with E-state index in [0.29, 0.717) is 0 Å². The Balaban J connectivity index is 2.24. The van der Waals surface area contributed by atoms with E-state index in [-0.39, 0.29) is 17.4 Å². The fraction of sp³-hybridized carbons (Fsp3) is 0.267. The second-order valence-electron chi connectivity index (χ2n) is 4.99. The number of rotatable bonds is 3. The predicted octanol–water partition coefficient (Wildman–Crippen LogP) is 2.34. The Morgan fingerprint density at radius 2 is 1.90 bits per heavy atom. The summed E-state index contributed by atoms with van der Waals surface area (Å²) < 4.78 is 0. The second-order valence-corrected chi connectivity index (χ2v) is 4.99. The third-order valence-corrected chi connectivity index (χ3v) is 2.95. The highest BCUT2D eigenvalue weighted by atomic mass is 16.1. The van der Waals surface area contributed by atoms with Crippen molar-refractivity contribution in [2.24, 2.45) is 5.92 Å². The number of H-pyrrole nitrogens is 1. The largest absolute Gasteiger partial charge is 0.326 e. The first-order valence-corrected chi connectivity index (χ1v) is 6.45. The molecule has 1 amide bonds. The average molecular weight is 271 g/mol. The Bertz CT molecular complexity index is 672. The number of amides is 1. The van der Waals surface area contributed by atoms with Gasteiger partial charge in [-0.2, -0.15) is 5.10 Å². The molecule has 5 heteroatoms. The third kappa shape index (κ3) is 3.12. The van der Waals surface area contributed by atoms with E-state index >= 15 is 0 Å². The van der Waals surface area contributed by atoms with E-state index in [0.717, 1.165) is 22.5 Å². The third-order valence-electron chi connectivity index (χ3n) is 2.95. The van der Waals surface area contributed by atoms with Gasteiger partial charge in [0.1, 0.15) is 0 Å². The van der Waals surface area contributed by atoms with Crippen molar-refractivity contribution in [2.45, 2.75) is 20.8 Å². The van der Waals surface area contributed by atoms with Crippen LogP contribution in [0.25, 0.3) is 11.3 Å². The lowest BCUT2D eigenvalue weighted by Gasteiger charge is -2.09.